The monoisotopic (exact) mass is 408 g/mol. The van der Waals surface area contributed by atoms with Crippen LogP contribution in [0.2, 0.25) is 5.02 Å². The minimum atomic E-state index is -3.52. The van der Waals surface area contributed by atoms with Gasteiger partial charge in [0.25, 0.3) is 5.91 Å². The van der Waals surface area contributed by atoms with Crippen LogP contribution in [0.5, 0.6) is 0 Å². The Morgan fingerprint density at radius 3 is 2.26 bits per heavy atom. The summed E-state index contributed by atoms with van der Waals surface area (Å²) in [7, 11) is -1.76. The SMILES string of the molecule is CN(C(=O)C[NH+]1CCN(S(=O)(=O)c2ccc(Cl)cc2)CC1)c1ccccc1. The molecule has 1 fully saturated rings. The third-order valence-corrected chi connectivity index (χ3v) is 6.96. The van der Waals surface area contributed by atoms with Gasteiger partial charge in [-0.2, -0.15) is 4.31 Å². The summed E-state index contributed by atoms with van der Waals surface area (Å²) >= 11 is 5.84. The van der Waals surface area contributed by atoms with Gasteiger partial charge in [-0.25, -0.2) is 8.42 Å². The highest BCUT2D eigenvalue weighted by Gasteiger charge is 2.31. The van der Waals surface area contributed by atoms with Crippen molar-refractivity contribution < 1.29 is 18.1 Å². The lowest BCUT2D eigenvalue weighted by Crippen LogP contribution is -3.15. The third-order valence-electron chi connectivity index (χ3n) is 4.80. The number of halogens is 1. The molecule has 1 aliphatic heterocycles. The first-order chi connectivity index (χ1) is 12.9. The van der Waals surface area contributed by atoms with Crippen LogP contribution < -0.4 is 9.80 Å². The Balaban J connectivity index is 1.57. The average molecular weight is 409 g/mol. The topological polar surface area (TPSA) is 62.1 Å². The molecule has 1 aliphatic rings. The highest BCUT2D eigenvalue weighted by molar-refractivity contribution is 7.89. The van der Waals surface area contributed by atoms with Gasteiger partial charge >= 0.3 is 0 Å². The molecule has 0 saturated carbocycles. The normalized spacial score (nSPS) is 16.2. The van der Waals surface area contributed by atoms with Gasteiger partial charge in [-0.05, 0) is 36.4 Å². The zero-order chi connectivity index (χ0) is 19.4. The van der Waals surface area contributed by atoms with E-state index < -0.39 is 10.0 Å². The lowest BCUT2D eigenvalue weighted by atomic mass is 10.3. The standard InChI is InChI=1S/C19H22ClN3O3S/c1-21(17-5-3-2-4-6-17)19(24)15-22-11-13-23(14-12-22)27(25,26)18-9-7-16(20)8-10-18/h2-10H,11-15H2,1H3/p+1. The van der Waals surface area contributed by atoms with Gasteiger partial charge in [0.15, 0.2) is 6.54 Å². The molecular weight excluding hydrogens is 386 g/mol. The van der Waals surface area contributed by atoms with Crippen LogP contribution in [0.3, 0.4) is 0 Å². The number of rotatable bonds is 5. The van der Waals surface area contributed by atoms with Gasteiger partial charge in [0.1, 0.15) is 0 Å². The molecule has 2 aromatic rings. The van der Waals surface area contributed by atoms with Crippen LogP contribution in [0.4, 0.5) is 5.69 Å². The fourth-order valence-electron chi connectivity index (χ4n) is 3.10. The number of nitrogens with zero attached hydrogens (tertiary/aromatic N) is 2. The molecule has 1 N–H and O–H groups in total. The number of anilines is 1. The quantitative estimate of drug-likeness (QED) is 0.799. The molecule has 6 nitrogen and oxygen atoms in total. The average Bonchev–Trinajstić information content (AvgIpc) is 2.69. The maximum Gasteiger partial charge on any atom is 0.281 e. The van der Waals surface area contributed by atoms with Crippen molar-refractivity contribution in [1.82, 2.24) is 4.31 Å². The van der Waals surface area contributed by atoms with Crippen LogP contribution in [0, 0.1) is 0 Å². The minimum absolute atomic E-state index is 0.0187. The number of quaternary nitrogens is 1. The smallest absolute Gasteiger partial charge is 0.281 e. The van der Waals surface area contributed by atoms with Gasteiger partial charge < -0.3 is 9.80 Å². The number of benzene rings is 2. The summed E-state index contributed by atoms with van der Waals surface area (Å²) < 4.78 is 26.9. The molecule has 1 saturated heterocycles. The molecule has 1 amide bonds. The highest BCUT2D eigenvalue weighted by atomic mass is 35.5. The van der Waals surface area contributed by atoms with Gasteiger partial charge in [0, 0.05) is 17.8 Å². The maximum absolute atomic E-state index is 12.7. The summed E-state index contributed by atoms with van der Waals surface area (Å²) in [4.78, 5) is 15.5. The van der Waals surface area contributed by atoms with E-state index in [1.807, 2.05) is 30.3 Å². The molecule has 0 bridgehead atoms. The van der Waals surface area contributed by atoms with Crippen molar-refractivity contribution in [3.8, 4) is 0 Å². The summed E-state index contributed by atoms with van der Waals surface area (Å²) in [5.74, 6) is 0.0187. The summed E-state index contributed by atoms with van der Waals surface area (Å²) in [6.07, 6.45) is 0. The van der Waals surface area contributed by atoms with Crippen LogP contribution in [-0.4, -0.2) is 58.4 Å². The number of para-hydroxylation sites is 1. The van der Waals surface area contributed by atoms with Crippen molar-refractivity contribution >= 4 is 33.2 Å². The molecule has 144 valence electrons. The fraction of sp³-hybridized carbons (Fsp3) is 0.316. The summed E-state index contributed by atoms with van der Waals surface area (Å²) in [6, 6.07) is 15.7. The molecule has 0 unspecified atom stereocenters. The number of carbonyl (C=O) groups excluding carboxylic acids is 1. The molecule has 2 aromatic carbocycles. The molecule has 0 radical (unpaired) electrons. The second-order valence-corrected chi connectivity index (χ2v) is 8.95. The van der Waals surface area contributed by atoms with E-state index in [0.29, 0.717) is 37.7 Å². The number of sulfonamides is 1. The Labute approximate surface area is 165 Å². The number of nitrogens with one attached hydrogen (secondary N) is 1. The minimum Gasteiger partial charge on any atom is -0.325 e. The van der Waals surface area contributed by atoms with Crippen LogP contribution in [0.15, 0.2) is 59.5 Å². The zero-order valence-electron chi connectivity index (χ0n) is 15.1. The predicted molar refractivity (Wildman–Crippen MR) is 106 cm³/mol. The number of amides is 1. The first-order valence-corrected chi connectivity index (χ1v) is 10.6. The van der Waals surface area contributed by atoms with E-state index in [2.05, 4.69) is 0 Å². The molecule has 0 spiro atoms. The Hall–Kier alpha value is -1.93. The largest absolute Gasteiger partial charge is 0.325 e. The summed E-state index contributed by atoms with van der Waals surface area (Å²) in [5.41, 5.74) is 0.853. The first-order valence-electron chi connectivity index (χ1n) is 8.79. The molecule has 0 atom stereocenters. The van der Waals surface area contributed by atoms with Crippen molar-refractivity contribution in [2.45, 2.75) is 4.90 Å². The molecule has 1 heterocycles. The third kappa shape index (κ3) is 4.68. The highest BCUT2D eigenvalue weighted by Crippen LogP contribution is 2.18. The molecule has 0 aliphatic carbocycles. The predicted octanol–water partition coefficient (Wildman–Crippen LogP) is 0.892. The number of hydrogen-bond donors (Lipinski definition) is 1. The Morgan fingerprint density at radius 2 is 1.67 bits per heavy atom. The number of hydrogen-bond acceptors (Lipinski definition) is 3. The van der Waals surface area contributed by atoms with Gasteiger partial charge in [-0.1, -0.05) is 29.8 Å². The van der Waals surface area contributed by atoms with Crippen molar-refractivity contribution in [1.29, 1.82) is 0 Å². The fourth-order valence-corrected chi connectivity index (χ4v) is 4.67. The zero-order valence-corrected chi connectivity index (χ0v) is 16.7. The van der Waals surface area contributed by atoms with E-state index in [1.54, 1.807) is 24.1 Å². The van der Waals surface area contributed by atoms with Crippen LogP contribution in [-0.2, 0) is 14.8 Å². The summed E-state index contributed by atoms with van der Waals surface area (Å²) in [6.45, 7) is 2.33. The summed E-state index contributed by atoms with van der Waals surface area (Å²) in [5, 5.41) is 0.504. The van der Waals surface area contributed by atoms with E-state index in [9.17, 15) is 13.2 Å². The van der Waals surface area contributed by atoms with E-state index in [1.165, 1.54) is 16.4 Å². The Kier molecular flexibility index (Phi) is 6.16. The molecule has 0 aromatic heterocycles. The Morgan fingerprint density at radius 1 is 1.07 bits per heavy atom. The number of carbonyl (C=O) groups is 1. The Bertz CT molecular complexity index is 880. The van der Waals surface area contributed by atoms with E-state index in [4.69, 9.17) is 11.6 Å². The second-order valence-electron chi connectivity index (χ2n) is 6.57. The van der Waals surface area contributed by atoms with Crippen molar-refractivity contribution in [3.05, 3.63) is 59.6 Å². The van der Waals surface area contributed by atoms with Crippen LogP contribution in [0.25, 0.3) is 0 Å². The number of likely N-dealkylation sites (N-methyl/N-ethyl adjacent to an activating group) is 1. The van der Waals surface area contributed by atoms with Gasteiger partial charge in [0.2, 0.25) is 10.0 Å². The van der Waals surface area contributed by atoms with Crippen LogP contribution in [0.1, 0.15) is 0 Å². The lowest BCUT2D eigenvalue weighted by molar-refractivity contribution is -0.895. The van der Waals surface area contributed by atoms with E-state index in [0.717, 1.165) is 10.6 Å². The van der Waals surface area contributed by atoms with Crippen molar-refractivity contribution in [3.63, 3.8) is 0 Å². The van der Waals surface area contributed by atoms with Crippen molar-refractivity contribution in [2.24, 2.45) is 0 Å². The maximum atomic E-state index is 12.7. The van der Waals surface area contributed by atoms with E-state index >= 15 is 0 Å². The molecular formula is C19H23ClN3O3S+. The molecule has 8 heteroatoms. The van der Waals surface area contributed by atoms with Gasteiger partial charge in [-0.3, -0.25) is 4.79 Å². The molecule has 27 heavy (non-hydrogen) atoms. The van der Waals surface area contributed by atoms with Gasteiger partial charge in [0.05, 0.1) is 31.1 Å². The first kappa shape index (κ1) is 19.8. The van der Waals surface area contributed by atoms with Crippen molar-refractivity contribution in [2.75, 3.05) is 44.7 Å². The molecule has 3 rings (SSSR count). The second kappa shape index (κ2) is 8.39. The van der Waals surface area contributed by atoms with Gasteiger partial charge in [-0.15, -0.1) is 0 Å². The van der Waals surface area contributed by atoms with Crippen LogP contribution >= 0.6 is 11.6 Å². The number of piperazine rings is 1. The van der Waals surface area contributed by atoms with E-state index in [-0.39, 0.29) is 10.8 Å². The lowest BCUT2D eigenvalue weighted by Gasteiger charge is -2.32.